The third-order valence-corrected chi connectivity index (χ3v) is 4.47. The Kier molecular flexibility index (Phi) is 10.3. The molecular formula is C18H27Cl2NO. The third kappa shape index (κ3) is 8.65. The van der Waals surface area contributed by atoms with Crippen molar-refractivity contribution in [2.45, 2.75) is 71.3 Å². The highest BCUT2D eigenvalue weighted by Gasteiger charge is 2.03. The Morgan fingerprint density at radius 3 is 2.23 bits per heavy atom. The van der Waals surface area contributed by atoms with E-state index in [0.29, 0.717) is 23.0 Å². The van der Waals surface area contributed by atoms with Crippen molar-refractivity contribution in [1.82, 2.24) is 5.32 Å². The molecule has 0 aromatic heterocycles. The summed E-state index contributed by atoms with van der Waals surface area (Å²) in [5.74, 6) is 0.108. The van der Waals surface area contributed by atoms with Gasteiger partial charge in [0.2, 0.25) is 5.91 Å². The highest BCUT2D eigenvalue weighted by atomic mass is 35.5. The van der Waals surface area contributed by atoms with Gasteiger partial charge in [-0.15, -0.1) is 0 Å². The monoisotopic (exact) mass is 343 g/mol. The molecule has 1 rings (SSSR count). The van der Waals surface area contributed by atoms with Crippen LogP contribution >= 0.6 is 23.2 Å². The zero-order valence-electron chi connectivity index (χ0n) is 13.5. The van der Waals surface area contributed by atoms with E-state index in [9.17, 15) is 4.79 Å². The molecule has 0 saturated carbocycles. The molecule has 1 N–H and O–H groups in total. The van der Waals surface area contributed by atoms with Crippen molar-refractivity contribution < 1.29 is 4.79 Å². The second kappa shape index (κ2) is 11.8. The van der Waals surface area contributed by atoms with E-state index in [4.69, 9.17) is 23.2 Å². The highest BCUT2D eigenvalue weighted by molar-refractivity contribution is 6.42. The van der Waals surface area contributed by atoms with Crippen LogP contribution in [-0.4, -0.2) is 5.91 Å². The van der Waals surface area contributed by atoms with Crippen molar-refractivity contribution in [2.24, 2.45) is 0 Å². The quantitative estimate of drug-likeness (QED) is 0.480. The molecule has 124 valence electrons. The van der Waals surface area contributed by atoms with Crippen molar-refractivity contribution in [3.8, 4) is 0 Å². The summed E-state index contributed by atoms with van der Waals surface area (Å²) < 4.78 is 0. The molecule has 0 saturated heterocycles. The van der Waals surface area contributed by atoms with Gasteiger partial charge in [-0.2, -0.15) is 0 Å². The first-order valence-electron chi connectivity index (χ1n) is 8.34. The molecule has 22 heavy (non-hydrogen) atoms. The van der Waals surface area contributed by atoms with E-state index >= 15 is 0 Å². The fourth-order valence-corrected chi connectivity index (χ4v) is 2.68. The van der Waals surface area contributed by atoms with Crippen LogP contribution in [0.15, 0.2) is 18.2 Å². The molecule has 0 aliphatic rings. The van der Waals surface area contributed by atoms with Gasteiger partial charge in [0.25, 0.3) is 0 Å². The zero-order chi connectivity index (χ0) is 16.2. The molecule has 0 aliphatic heterocycles. The molecule has 0 bridgehead atoms. The van der Waals surface area contributed by atoms with E-state index in [0.717, 1.165) is 18.4 Å². The third-order valence-electron chi connectivity index (χ3n) is 3.73. The Balaban J connectivity index is 2.05. The van der Waals surface area contributed by atoms with Crippen LogP contribution in [0.3, 0.4) is 0 Å². The molecule has 1 aromatic carbocycles. The average Bonchev–Trinajstić information content (AvgIpc) is 2.51. The first-order valence-corrected chi connectivity index (χ1v) is 9.09. The lowest BCUT2D eigenvalue weighted by Crippen LogP contribution is -2.22. The van der Waals surface area contributed by atoms with Crippen LogP contribution in [0.25, 0.3) is 0 Å². The van der Waals surface area contributed by atoms with E-state index < -0.39 is 0 Å². The molecule has 2 nitrogen and oxygen atoms in total. The SMILES string of the molecule is CCCCCCCCCCC(=O)NCc1ccc(Cl)c(Cl)c1. The Morgan fingerprint density at radius 2 is 1.59 bits per heavy atom. The summed E-state index contributed by atoms with van der Waals surface area (Å²) in [5.41, 5.74) is 0.971. The van der Waals surface area contributed by atoms with E-state index in [1.54, 1.807) is 12.1 Å². The van der Waals surface area contributed by atoms with Gasteiger partial charge in [0.05, 0.1) is 10.0 Å². The van der Waals surface area contributed by atoms with Gasteiger partial charge in [-0.3, -0.25) is 4.79 Å². The van der Waals surface area contributed by atoms with Gasteiger partial charge >= 0.3 is 0 Å². The molecule has 0 aliphatic carbocycles. The normalized spacial score (nSPS) is 10.7. The van der Waals surface area contributed by atoms with Crippen molar-refractivity contribution >= 4 is 29.1 Å². The highest BCUT2D eigenvalue weighted by Crippen LogP contribution is 2.22. The molecule has 0 atom stereocenters. The topological polar surface area (TPSA) is 29.1 Å². The number of nitrogens with one attached hydrogen (secondary N) is 1. The number of benzene rings is 1. The van der Waals surface area contributed by atoms with Gasteiger partial charge < -0.3 is 5.32 Å². The fourth-order valence-electron chi connectivity index (χ4n) is 2.36. The lowest BCUT2D eigenvalue weighted by Gasteiger charge is -2.06. The predicted molar refractivity (Wildman–Crippen MR) is 95.5 cm³/mol. The molecule has 0 heterocycles. The summed E-state index contributed by atoms with van der Waals surface area (Å²) in [7, 11) is 0. The largest absolute Gasteiger partial charge is 0.352 e. The lowest BCUT2D eigenvalue weighted by atomic mass is 10.1. The van der Waals surface area contributed by atoms with Crippen LogP contribution in [0.5, 0.6) is 0 Å². The maximum absolute atomic E-state index is 11.8. The summed E-state index contributed by atoms with van der Waals surface area (Å²) in [5, 5.41) is 3.99. The van der Waals surface area contributed by atoms with Gasteiger partial charge in [0.1, 0.15) is 0 Å². The lowest BCUT2D eigenvalue weighted by molar-refractivity contribution is -0.121. The second-order valence-corrected chi connectivity index (χ2v) is 6.56. The van der Waals surface area contributed by atoms with Crippen LogP contribution in [0.1, 0.15) is 70.3 Å². The molecule has 1 aromatic rings. The summed E-state index contributed by atoms with van der Waals surface area (Å²) in [6, 6.07) is 5.43. The first kappa shape index (κ1) is 19.3. The molecule has 0 spiro atoms. The summed E-state index contributed by atoms with van der Waals surface area (Å²) in [4.78, 5) is 11.8. The van der Waals surface area contributed by atoms with E-state index in [1.807, 2.05) is 6.07 Å². The Bertz CT molecular complexity index is 449. The van der Waals surface area contributed by atoms with Crippen LogP contribution < -0.4 is 5.32 Å². The summed E-state index contributed by atoms with van der Waals surface area (Å²) >= 11 is 11.8. The van der Waals surface area contributed by atoms with Gasteiger partial charge in [0.15, 0.2) is 0 Å². The van der Waals surface area contributed by atoms with Gasteiger partial charge in [0, 0.05) is 13.0 Å². The Morgan fingerprint density at radius 1 is 0.955 bits per heavy atom. The van der Waals surface area contributed by atoms with Crippen LogP contribution in [0, 0.1) is 0 Å². The Labute approximate surface area is 144 Å². The van der Waals surface area contributed by atoms with Crippen molar-refractivity contribution in [3.05, 3.63) is 33.8 Å². The van der Waals surface area contributed by atoms with E-state index in [-0.39, 0.29) is 5.91 Å². The number of carbonyl (C=O) groups excluding carboxylic acids is 1. The molecule has 4 heteroatoms. The Hall–Kier alpha value is -0.730. The second-order valence-electron chi connectivity index (χ2n) is 5.75. The molecule has 0 unspecified atom stereocenters. The molecule has 0 fully saturated rings. The molecule has 0 radical (unpaired) electrons. The minimum Gasteiger partial charge on any atom is -0.352 e. The van der Waals surface area contributed by atoms with Crippen molar-refractivity contribution in [1.29, 1.82) is 0 Å². The van der Waals surface area contributed by atoms with Crippen LogP contribution in [0.2, 0.25) is 10.0 Å². The minimum absolute atomic E-state index is 0.108. The first-order chi connectivity index (χ1) is 10.6. The van der Waals surface area contributed by atoms with Crippen LogP contribution in [-0.2, 0) is 11.3 Å². The number of halogens is 2. The van der Waals surface area contributed by atoms with Gasteiger partial charge in [-0.05, 0) is 24.1 Å². The maximum Gasteiger partial charge on any atom is 0.220 e. The van der Waals surface area contributed by atoms with Crippen LogP contribution in [0.4, 0.5) is 0 Å². The maximum atomic E-state index is 11.8. The molecular weight excluding hydrogens is 317 g/mol. The minimum atomic E-state index is 0.108. The number of rotatable bonds is 11. The van der Waals surface area contributed by atoms with Gasteiger partial charge in [-0.1, -0.05) is 81.1 Å². The number of hydrogen-bond donors (Lipinski definition) is 1. The summed E-state index contributed by atoms with van der Waals surface area (Å²) in [6.45, 7) is 2.74. The number of hydrogen-bond acceptors (Lipinski definition) is 1. The zero-order valence-corrected chi connectivity index (χ0v) is 15.0. The molecule has 1 amide bonds. The number of unbranched alkanes of at least 4 members (excludes halogenated alkanes) is 7. The number of carbonyl (C=O) groups is 1. The van der Waals surface area contributed by atoms with Crippen molar-refractivity contribution in [3.63, 3.8) is 0 Å². The van der Waals surface area contributed by atoms with E-state index in [1.165, 1.54) is 38.5 Å². The van der Waals surface area contributed by atoms with Crippen molar-refractivity contribution in [2.75, 3.05) is 0 Å². The standard InChI is InChI=1S/C18H27Cl2NO/c1-2-3-4-5-6-7-8-9-10-18(22)21-14-15-11-12-16(19)17(20)13-15/h11-13H,2-10,14H2,1H3,(H,21,22). The summed E-state index contributed by atoms with van der Waals surface area (Å²) in [6.07, 6.45) is 10.6. The fraction of sp³-hybridized carbons (Fsp3) is 0.611. The van der Waals surface area contributed by atoms with E-state index in [2.05, 4.69) is 12.2 Å². The smallest absolute Gasteiger partial charge is 0.220 e. The van der Waals surface area contributed by atoms with Gasteiger partial charge in [-0.25, -0.2) is 0 Å². The predicted octanol–water partition coefficient (Wildman–Crippen LogP) is 6.14. The average molecular weight is 344 g/mol. The number of amides is 1.